The van der Waals surface area contributed by atoms with Crippen LogP contribution in [0.1, 0.15) is 82.4 Å². The molecule has 95 heavy (non-hydrogen) atoms. The number of phenols is 2. The number of hydrogen-bond acceptors (Lipinski definition) is 20. The SMILES string of the molecule is CSCC[C@H](NC(=O)[C@H](CO)NC(=O)[C@@H]1CCCN1C(=O)[C@H](CO)NC(=O)[C@@H](NC(=O)[C@H](Cc1ccc(O)cc1)NC(=O)[C@@H](N)Cc1ccccc1)[C@@H](C)O)C(=O)N[C@@H](Cc1ccc(O)cc1)C(=O)N[C@@H](CCC(=O)O)C(=O)N[C@@H](CC(N)=O)C(=O)N[C@@H](CC(C)C)C(=O)O. The molecule has 4 rings (SSSR count). The molecule has 1 aliphatic heterocycles. The number of aliphatic hydroxyl groups is 3. The molecule has 1 saturated heterocycles. The lowest BCUT2D eigenvalue weighted by atomic mass is 10.0. The van der Waals surface area contributed by atoms with E-state index in [9.17, 15) is 98.1 Å². The van der Waals surface area contributed by atoms with E-state index in [0.717, 1.165) is 17.4 Å². The van der Waals surface area contributed by atoms with Gasteiger partial charge in [-0.05, 0) is 104 Å². The highest BCUT2D eigenvalue weighted by Gasteiger charge is 2.41. The molecule has 1 fully saturated rings. The number of benzene rings is 3. The molecule has 3 aromatic rings. The van der Waals surface area contributed by atoms with Gasteiger partial charge in [0.05, 0.1) is 31.8 Å². The fourth-order valence-electron chi connectivity index (χ4n) is 9.97. The van der Waals surface area contributed by atoms with Crippen molar-refractivity contribution in [1.82, 2.24) is 52.8 Å². The largest absolute Gasteiger partial charge is 0.508 e. The van der Waals surface area contributed by atoms with Crippen LogP contribution in [0.15, 0.2) is 78.9 Å². The van der Waals surface area contributed by atoms with Crippen molar-refractivity contribution >= 4 is 88.7 Å². The number of aromatic hydroxyl groups is 2. The van der Waals surface area contributed by atoms with E-state index in [-0.39, 0.29) is 74.7 Å². The maximum atomic E-state index is 14.3. The minimum atomic E-state index is -1.82. The minimum absolute atomic E-state index is 0.0318. The highest BCUT2D eigenvalue weighted by atomic mass is 32.2. The van der Waals surface area contributed by atoms with Crippen molar-refractivity contribution in [3.05, 3.63) is 95.6 Å². The standard InChI is InChI=1S/C62H86N12O20S/c1-32(2)25-45(62(93)94)70-56(87)44(29-49(64)80)69-53(84)40(20-21-50(81)82)65-55(86)42(27-35-12-16-37(78)17-13-35)68-54(85)41(22-24-95-4)66-58(89)46(30-75)71-59(90)48-11-8-23-74(48)61(92)47(31-76)72-60(91)51(33(3)77)73-57(88)43(28-36-14-18-38(79)19-15-36)67-52(83)39(63)26-34-9-6-5-7-10-34/h5-7,9-10,12-19,32-33,39-48,51,75-79H,8,11,20-31,63H2,1-4H3,(H2,64,80)(H,65,86)(H,66,89)(H,67,83)(H,68,85)(H,69,84)(H,70,87)(H,71,90)(H,72,91)(H,73,88)(H,81,82)(H,93,94)/t33-,39+,40+,41+,42+,43+,44+,45+,46+,47+,48+,51+/m1/s1. The van der Waals surface area contributed by atoms with Crippen LogP contribution in [0.2, 0.25) is 0 Å². The number of amides is 11. The minimum Gasteiger partial charge on any atom is -0.508 e. The summed E-state index contributed by atoms with van der Waals surface area (Å²) in [6.07, 6.45) is -2.75. The maximum absolute atomic E-state index is 14.3. The number of rotatable bonds is 39. The molecule has 32 nitrogen and oxygen atoms in total. The Morgan fingerprint density at radius 3 is 1.49 bits per heavy atom. The first-order valence-electron chi connectivity index (χ1n) is 30.5. The molecule has 0 saturated carbocycles. The molecule has 12 atom stereocenters. The smallest absolute Gasteiger partial charge is 0.326 e. The lowest BCUT2D eigenvalue weighted by Gasteiger charge is -2.30. The van der Waals surface area contributed by atoms with Crippen LogP contribution < -0.4 is 59.3 Å². The number of carboxylic acid groups (broad SMARTS) is 2. The summed E-state index contributed by atoms with van der Waals surface area (Å²) < 4.78 is 0. The molecule has 0 bridgehead atoms. The monoisotopic (exact) mass is 1350 g/mol. The average molecular weight is 1350 g/mol. The van der Waals surface area contributed by atoms with Gasteiger partial charge >= 0.3 is 11.9 Å². The van der Waals surface area contributed by atoms with Crippen LogP contribution in [0.5, 0.6) is 11.5 Å². The second-order valence-electron chi connectivity index (χ2n) is 23.2. The topological polar surface area (TPSA) is 527 Å². The molecule has 1 aliphatic rings. The van der Waals surface area contributed by atoms with Gasteiger partial charge in [-0.25, -0.2) is 4.79 Å². The van der Waals surface area contributed by atoms with E-state index in [0.29, 0.717) is 11.1 Å². The van der Waals surface area contributed by atoms with Crippen molar-refractivity contribution in [2.75, 3.05) is 31.8 Å². The van der Waals surface area contributed by atoms with Crippen molar-refractivity contribution in [3.8, 4) is 11.5 Å². The number of carbonyl (C=O) groups excluding carboxylic acids is 11. The summed E-state index contributed by atoms with van der Waals surface area (Å²) in [7, 11) is 0. The molecule has 3 aromatic carbocycles. The number of carbonyl (C=O) groups is 13. The first kappa shape index (κ1) is 78.0. The van der Waals surface area contributed by atoms with Crippen molar-refractivity contribution in [3.63, 3.8) is 0 Å². The van der Waals surface area contributed by atoms with Gasteiger partial charge in [-0.3, -0.25) is 57.5 Å². The maximum Gasteiger partial charge on any atom is 0.326 e. The van der Waals surface area contributed by atoms with Crippen LogP contribution in [-0.4, -0.2) is 222 Å². The zero-order valence-electron chi connectivity index (χ0n) is 52.9. The molecular formula is C62H86N12O20S. The van der Waals surface area contributed by atoms with E-state index >= 15 is 0 Å². The number of nitrogens with one attached hydrogen (secondary N) is 9. The number of likely N-dealkylation sites (tertiary alicyclic amines) is 1. The summed E-state index contributed by atoms with van der Waals surface area (Å²) >= 11 is 1.23. The number of phenolic OH excluding ortho intramolecular Hbond substituents is 2. The first-order valence-corrected chi connectivity index (χ1v) is 31.9. The van der Waals surface area contributed by atoms with E-state index in [1.807, 2.05) is 0 Å². The van der Waals surface area contributed by atoms with Gasteiger partial charge in [-0.1, -0.05) is 68.4 Å². The lowest BCUT2D eigenvalue weighted by molar-refractivity contribution is -0.144. The normalized spacial score (nSPS) is 16.2. The van der Waals surface area contributed by atoms with Gasteiger partial charge in [0.2, 0.25) is 65.0 Å². The highest BCUT2D eigenvalue weighted by molar-refractivity contribution is 7.98. The number of thioether (sulfide) groups is 1. The van der Waals surface area contributed by atoms with E-state index in [4.69, 9.17) is 11.5 Å². The van der Waals surface area contributed by atoms with Crippen molar-refractivity contribution in [2.24, 2.45) is 17.4 Å². The number of aliphatic hydroxyl groups excluding tert-OH is 3. The van der Waals surface area contributed by atoms with Crippen molar-refractivity contribution in [2.45, 2.75) is 158 Å². The highest BCUT2D eigenvalue weighted by Crippen LogP contribution is 2.20. The van der Waals surface area contributed by atoms with Gasteiger partial charge < -0.3 is 100.0 Å². The zero-order valence-corrected chi connectivity index (χ0v) is 53.7. The third-order valence-corrected chi connectivity index (χ3v) is 15.7. The Bertz CT molecular complexity index is 3150. The molecule has 0 spiro atoms. The molecule has 33 heteroatoms. The number of hydrogen-bond donors (Lipinski definition) is 18. The number of nitrogens with zero attached hydrogens (tertiary/aromatic N) is 1. The second kappa shape index (κ2) is 38.7. The van der Waals surface area contributed by atoms with Gasteiger partial charge in [-0.15, -0.1) is 0 Å². The summed E-state index contributed by atoms with van der Waals surface area (Å²) in [5.41, 5.74) is 13.1. The average Bonchev–Trinajstić information content (AvgIpc) is 1.78. The zero-order chi connectivity index (χ0) is 70.6. The van der Waals surface area contributed by atoms with Crippen LogP contribution >= 0.6 is 11.8 Å². The molecule has 0 unspecified atom stereocenters. The summed E-state index contributed by atoms with van der Waals surface area (Å²) in [6.45, 7) is 2.24. The summed E-state index contributed by atoms with van der Waals surface area (Å²) in [6, 6.07) is 2.10. The Morgan fingerprint density at radius 1 is 0.547 bits per heavy atom. The van der Waals surface area contributed by atoms with Crippen LogP contribution in [0.3, 0.4) is 0 Å². The Hall–Kier alpha value is -9.44. The molecule has 0 aromatic heterocycles. The van der Waals surface area contributed by atoms with E-state index < -0.39 is 182 Å². The van der Waals surface area contributed by atoms with Gasteiger partial charge in [0.25, 0.3) is 0 Å². The second-order valence-corrected chi connectivity index (χ2v) is 24.1. The van der Waals surface area contributed by atoms with Crippen molar-refractivity contribution < 1.29 is 98.1 Å². The number of primary amides is 1. The van der Waals surface area contributed by atoms with E-state index in [1.54, 1.807) is 50.4 Å². The molecule has 20 N–H and O–H groups in total. The first-order chi connectivity index (χ1) is 44.9. The van der Waals surface area contributed by atoms with Crippen molar-refractivity contribution in [1.29, 1.82) is 0 Å². The summed E-state index contributed by atoms with van der Waals surface area (Å²) in [4.78, 5) is 176. The van der Waals surface area contributed by atoms with Crippen LogP contribution in [0.4, 0.5) is 0 Å². The number of carboxylic acids is 2. The third kappa shape index (κ3) is 25.8. The molecule has 1 heterocycles. The predicted octanol–water partition coefficient (Wildman–Crippen LogP) is -4.20. The molecule has 520 valence electrons. The quantitative estimate of drug-likeness (QED) is 0.0257. The lowest BCUT2D eigenvalue weighted by Crippen LogP contribution is -2.62. The number of aliphatic carboxylic acids is 2. The van der Waals surface area contributed by atoms with E-state index in [1.165, 1.54) is 60.3 Å². The van der Waals surface area contributed by atoms with Gasteiger partial charge in [0, 0.05) is 25.8 Å². The molecule has 0 radical (unpaired) electrons. The van der Waals surface area contributed by atoms with E-state index in [2.05, 4.69) is 47.9 Å². The molecule has 11 amide bonds. The predicted molar refractivity (Wildman–Crippen MR) is 340 cm³/mol. The Balaban J connectivity index is 1.51. The Labute approximate surface area is 551 Å². The van der Waals surface area contributed by atoms with Gasteiger partial charge in [0.1, 0.15) is 71.9 Å². The van der Waals surface area contributed by atoms with Gasteiger partial charge in [0.15, 0.2) is 0 Å². The summed E-state index contributed by atoms with van der Waals surface area (Å²) in [5, 5.41) is 92.4. The van der Waals surface area contributed by atoms with Crippen LogP contribution in [0, 0.1) is 5.92 Å². The third-order valence-electron chi connectivity index (χ3n) is 15.1. The van der Waals surface area contributed by atoms with Gasteiger partial charge in [-0.2, -0.15) is 11.8 Å². The Kier molecular flexibility index (Phi) is 31.8. The summed E-state index contributed by atoms with van der Waals surface area (Å²) in [5.74, 6) is -14.8. The number of nitrogens with two attached hydrogens (primary N) is 2. The Morgan fingerprint density at radius 2 is 1.00 bits per heavy atom. The fraction of sp³-hybridized carbons (Fsp3) is 0.500. The van der Waals surface area contributed by atoms with Crippen LogP contribution in [0.25, 0.3) is 0 Å². The molecule has 0 aliphatic carbocycles. The molecular weight excluding hydrogens is 1260 g/mol. The van der Waals surface area contributed by atoms with Crippen LogP contribution in [-0.2, 0) is 81.6 Å². The fourth-order valence-corrected chi connectivity index (χ4v) is 10.4.